The van der Waals surface area contributed by atoms with E-state index in [4.69, 9.17) is 21.2 Å². The second kappa shape index (κ2) is 7.09. The number of amides is 2. The summed E-state index contributed by atoms with van der Waals surface area (Å²) in [6.45, 7) is 1.97. The van der Waals surface area contributed by atoms with Crippen LogP contribution in [0.3, 0.4) is 0 Å². The van der Waals surface area contributed by atoms with Gasteiger partial charge in [0.05, 0.1) is 17.9 Å². The van der Waals surface area contributed by atoms with E-state index in [0.717, 1.165) is 4.90 Å². The van der Waals surface area contributed by atoms with Crippen LogP contribution in [0.2, 0.25) is 5.02 Å². The van der Waals surface area contributed by atoms with Gasteiger partial charge in [0.15, 0.2) is 0 Å². The van der Waals surface area contributed by atoms with E-state index in [2.05, 4.69) is 5.16 Å². The van der Waals surface area contributed by atoms with Gasteiger partial charge < -0.3 is 9.57 Å². The zero-order valence-corrected chi connectivity index (χ0v) is 15.6. The third-order valence-corrected chi connectivity index (χ3v) is 4.93. The lowest BCUT2D eigenvalue weighted by Crippen LogP contribution is -2.33. The molecule has 2 aromatic carbocycles. The standard InChI is InChI=1S/C20H15ClN2O5/c1-2-27-20(26)11-7-9-12(10-8-11)23-18(24)15-16(22-28-17(15)19(23)25)13-5-3-4-6-14(13)21/h3-10,15,17H,2H2,1H3/t15-,17-/m1/s1. The zero-order chi connectivity index (χ0) is 19.8. The van der Waals surface area contributed by atoms with Gasteiger partial charge in [-0.3, -0.25) is 9.59 Å². The fourth-order valence-corrected chi connectivity index (χ4v) is 3.52. The fourth-order valence-electron chi connectivity index (χ4n) is 3.28. The summed E-state index contributed by atoms with van der Waals surface area (Å²) in [5.74, 6) is -2.29. The molecular weight excluding hydrogens is 384 g/mol. The fraction of sp³-hybridized carbons (Fsp3) is 0.200. The molecule has 142 valence electrons. The van der Waals surface area contributed by atoms with Crippen LogP contribution in [-0.4, -0.2) is 36.2 Å². The third kappa shape index (κ3) is 2.84. The number of halogens is 1. The molecule has 8 heteroatoms. The van der Waals surface area contributed by atoms with Gasteiger partial charge in [-0.05, 0) is 37.3 Å². The normalized spacial score (nSPS) is 20.6. The van der Waals surface area contributed by atoms with Crippen LogP contribution in [0.15, 0.2) is 53.7 Å². The molecule has 0 N–H and O–H groups in total. The van der Waals surface area contributed by atoms with Crippen LogP contribution in [0, 0.1) is 5.92 Å². The Morgan fingerprint density at radius 2 is 1.86 bits per heavy atom. The van der Waals surface area contributed by atoms with Crippen molar-refractivity contribution in [3.63, 3.8) is 0 Å². The van der Waals surface area contributed by atoms with E-state index in [1.807, 2.05) is 0 Å². The number of hydrogen-bond donors (Lipinski definition) is 0. The topological polar surface area (TPSA) is 85.3 Å². The molecule has 0 radical (unpaired) electrons. The molecule has 0 aromatic heterocycles. The van der Waals surface area contributed by atoms with Gasteiger partial charge >= 0.3 is 5.97 Å². The lowest BCUT2D eigenvalue weighted by molar-refractivity contribution is -0.126. The monoisotopic (exact) mass is 398 g/mol. The van der Waals surface area contributed by atoms with Crippen molar-refractivity contribution in [1.82, 2.24) is 0 Å². The number of rotatable bonds is 4. The Morgan fingerprint density at radius 1 is 1.14 bits per heavy atom. The first kappa shape index (κ1) is 18.2. The van der Waals surface area contributed by atoms with Crippen LogP contribution in [0.1, 0.15) is 22.8 Å². The van der Waals surface area contributed by atoms with Crippen LogP contribution in [0.25, 0.3) is 0 Å². The predicted octanol–water partition coefficient (Wildman–Crippen LogP) is 2.81. The number of anilines is 1. The van der Waals surface area contributed by atoms with Crippen LogP contribution in [-0.2, 0) is 19.2 Å². The summed E-state index contributed by atoms with van der Waals surface area (Å²) < 4.78 is 4.94. The van der Waals surface area contributed by atoms with Gasteiger partial charge in [-0.25, -0.2) is 9.69 Å². The highest BCUT2D eigenvalue weighted by atomic mass is 35.5. The molecule has 28 heavy (non-hydrogen) atoms. The van der Waals surface area contributed by atoms with Crippen molar-refractivity contribution < 1.29 is 24.0 Å². The summed E-state index contributed by atoms with van der Waals surface area (Å²) in [6, 6.07) is 13.0. The number of benzene rings is 2. The van der Waals surface area contributed by atoms with Crippen molar-refractivity contribution in [2.75, 3.05) is 11.5 Å². The SMILES string of the molecule is CCOC(=O)c1ccc(N2C(=O)[C@@H]3C(c4ccccc4Cl)=NO[C@H]3C2=O)cc1. The number of ether oxygens (including phenoxy) is 1. The molecule has 2 amide bonds. The van der Waals surface area contributed by atoms with Gasteiger partial charge in [0, 0.05) is 10.6 Å². The first-order valence-electron chi connectivity index (χ1n) is 8.66. The summed E-state index contributed by atoms with van der Waals surface area (Å²) >= 11 is 6.21. The molecule has 0 unspecified atom stereocenters. The van der Waals surface area contributed by atoms with Crippen molar-refractivity contribution in [3.05, 3.63) is 64.7 Å². The lowest BCUT2D eigenvalue weighted by atomic mass is 9.94. The Hall–Kier alpha value is -3.19. The summed E-state index contributed by atoms with van der Waals surface area (Å²) in [7, 11) is 0. The molecular formula is C20H15ClN2O5. The highest BCUT2D eigenvalue weighted by Crippen LogP contribution is 2.36. The Balaban J connectivity index is 1.63. The van der Waals surface area contributed by atoms with Gasteiger partial charge in [-0.2, -0.15) is 0 Å². The first-order chi connectivity index (χ1) is 13.5. The number of fused-ring (bicyclic) bond motifs is 1. The first-order valence-corrected chi connectivity index (χ1v) is 9.04. The van der Waals surface area contributed by atoms with Gasteiger partial charge in [0.2, 0.25) is 12.0 Å². The maximum absolute atomic E-state index is 13.0. The van der Waals surface area contributed by atoms with E-state index in [1.165, 1.54) is 24.3 Å². The molecule has 0 bridgehead atoms. The molecule has 2 aromatic rings. The van der Waals surface area contributed by atoms with E-state index in [9.17, 15) is 14.4 Å². The lowest BCUT2D eigenvalue weighted by Gasteiger charge is -2.16. The third-order valence-electron chi connectivity index (χ3n) is 4.60. The van der Waals surface area contributed by atoms with Crippen molar-refractivity contribution in [2.45, 2.75) is 13.0 Å². The van der Waals surface area contributed by atoms with Gasteiger partial charge in [-0.1, -0.05) is 35.0 Å². The number of esters is 1. The minimum Gasteiger partial charge on any atom is -0.462 e. The number of carbonyl (C=O) groups is 3. The molecule has 2 aliphatic rings. The average Bonchev–Trinajstić information content (AvgIpc) is 3.23. The van der Waals surface area contributed by atoms with E-state index >= 15 is 0 Å². The average molecular weight is 399 g/mol. The second-order valence-corrected chi connectivity index (χ2v) is 6.65. The number of oxime groups is 1. The molecule has 0 aliphatic carbocycles. The van der Waals surface area contributed by atoms with E-state index < -0.39 is 29.8 Å². The number of hydrogen-bond acceptors (Lipinski definition) is 6. The number of nitrogens with zero attached hydrogens (tertiary/aromatic N) is 2. The van der Waals surface area contributed by atoms with Gasteiger partial charge in [0.1, 0.15) is 11.6 Å². The van der Waals surface area contributed by atoms with Crippen LogP contribution >= 0.6 is 11.6 Å². The smallest absolute Gasteiger partial charge is 0.338 e. The molecule has 4 rings (SSSR count). The molecule has 1 fully saturated rings. The van der Waals surface area contributed by atoms with Crippen molar-refractivity contribution in [2.24, 2.45) is 11.1 Å². The minimum absolute atomic E-state index is 0.258. The molecule has 0 spiro atoms. The van der Waals surface area contributed by atoms with Gasteiger partial charge in [-0.15, -0.1) is 0 Å². The number of carbonyl (C=O) groups excluding carboxylic acids is 3. The highest BCUT2D eigenvalue weighted by molar-refractivity contribution is 6.38. The largest absolute Gasteiger partial charge is 0.462 e. The van der Waals surface area contributed by atoms with Gasteiger partial charge in [0.25, 0.3) is 5.91 Å². The Labute approximate surface area is 165 Å². The molecule has 0 saturated carbocycles. The summed E-state index contributed by atoms with van der Waals surface area (Å²) in [5, 5.41) is 4.36. The van der Waals surface area contributed by atoms with E-state index in [1.54, 1.807) is 31.2 Å². The summed E-state index contributed by atoms with van der Waals surface area (Å²) in [5.41, 5.74) is 1.57. The summed E-state index contributed by atoms with van der Waals surface area (Å²) in [6.07, 6.45) is -1.02. The Morgan fingerprint density at radius 3 is 2.54 bits per heavy atom. The molecule has 2 atom stereocenters. The maximum Gasteiger partial charge on any atom is 0.338 e. The predicted molar refractivity (Wildman–Crippen MR) is 101 cm³/mol. The molecule has 1 saturated heterocycles. The van der Waals surface area contributed by atoms with Crippen molar-refractivity contribution >= 4 is 40.8 Å². The second-order valence-electron chi connectivity index (χ2n) is 6.24. The quantitative estimate of drug-likeness (QED) is 0.584. The van der Waals surface area contributed by atoms with Crippen molar-refractivity contribution in [1.29, 1.82) is 0 Å². The van der Waals surface area contributed by atoms with Crippen LogP contribution in [0.5, 0.6) is 0 Å². The maximum atomic E-state index is 13.0. The van der Waals surface area contributed by atoms with Crippen LogP contribution < -0.4 is 4.90 Å². The van der Waals surface area contributed by atoms with Crippen molar-refractivity contribution in [3.8, 4) is 0 Å². The number of imide groups is 1. The highest BCUT2D eigenvalue weighted by Gasteiger charge is 2.56. The molecule has 2 aliphatic heterocycles. The van der Waals surface area contributed by atoms with Crippen LogP contribution in [0.4, 0.5) is 5.69 Å². The Kier molecular flexibility index (Phi) is 4.60. The molecule has 7 nitrogen and oxygen atoms in total. The van der Waals surface area contributed by atoms with E-state index in [-0.39, 0.29) is 6.61 Å². The minimum atomic E-state index is -1.02. The van der Waals surface area contributed by atoms with E-state index in [0.29, 0.717) is 27.5 Å². The zero-order valence-electron chi connectivity index (χ0n) is 14.8. The molecule has 2 heterocycles. The Bertz CT molecular complexity index is 1000. The summed E-state index contributed by atoms with van der Waals surface area (Å²) in [4.78, 5) is 43.9.